The number of hydrogen-bond donors (Lipinski definition) is 2. The van der Waals surface area contributed by atoms with Crippen molar-refractivity contribution in [3.63, 3.8) is 0 Å². The molecule has 0 saturated heterocycles. The molecule has 0 fully saturated rings. The summed E-state index contributed by atoms with van der Waals surface area (Å²) in [5, 5.41) is 18.3. The Labute approximate surface area is 184 Å². The van der Waals surface area contributed by atoms with E-state index in [1.165, 1.54) is 0 Å². The molecule has 0 aromatic carbocycles. The van der Waals surface area contributed by atoms with Crippen molar-refractivity contribution in [1.29, 1.82) is 0 Å². The van der Waals surface area contributed by atoms with Gasteiger partial charge in [0.25, 0.3) is 0 Å². The Morgan fingerprint density at radius 2 is 1.04 bits per heavy atom. The van der Waals surface area contributed by atoms with Crippen molar-refractivity contribution in [3.05, 3.63) is 59.2 Å². The molecule has 0 amide bonds. The molecule has 2 heterocycles. The normalized spacial score (nSPS) is 10.1. The van der Waals surface area contributed by atoms with Gasteiger partial charge in [0.05, 0.1) is 36.0 Å². The van der Waals surface area contributed by atoms with E-state index < -0.39 is 0 Å². The summed E-state index contributed by atoms with van der Waals surface area (Å²) in [6.45, 7) is 3.25. The van der Waals surface area contributed by atoms with E-state index in [-0.39, 0.29) is 55.1 Å². The van der Waals surface area contributed by atoms with Crippen molar-refractivity contribution in [2.75, 3.05) is 27.2 Å². The number of halogens is 2. The van der Waals surface area contributed by atoms with Crippen molar-refractivity contribution < 1.29 is 52.1 Å². The third kappa shape index (κ3) is 10.4. The van der Waals surface area contributed by atoms with Crippen molar-refractivity contribution in [2.24, 2.45) is 0 Å². The molecular weight excluding hydrogens is 431 g/mol. The predicted octanol–water partition coefficient (Wildman–Crippen LogP) is -4.97. The number of aliphatic hydroxyl groups excluding tert-OH is 2. The molecule has 27 heavy (non-hydrogen) atoms. The van der Waals surface area contributed by atoms with Gasteiger partial charge in [-0.2, -0.15) is 0 Å². The van der Waals surface area contributed by atoms with Crippen LogP contribution in [0, 0.1) is 0 Å². The van der Waals surface area contributed by atoms with E-state index in [9.17, 15) is 0 Å². The molecule has 0 aliphatic rings. The van der Waals surface area contributed by atoms with Gasteiger partial charge in [-0.3, -0.25) is 19.8 Å². The molecular formula is C18H26Cl2FeN4O2+2. The Hall–Kier alpha value is -0.761. The Balaban J connectivity index is 0. The van der Waals surface area contributed by atoms with Crippen LogP contribution in [-0.2, 0) is 43.4 Å². The number of aromatic nitrogens is 2. The van der Waals surface area contributed by atoms with E-state index in [1.54, 1.807) is 0 Å². The molecule has 2 aromatic heterocycles. The molecule has 0 saturated carbocycles. The summed E-state index contributed by atoms with van der Waals surface area (Å²) >= 11 is 0. The van der Waals surface area contributed by atoms with Gasteiger partial charge in [-0.25, -0.2) is 0 Å². The Bertz CT molecular complexity index is 597. The molecule has 0 atom stereocenters. The first-order valence-electron chi connectivity index (χ1n) is 8.09. The molecule has 2 aromatic rings. The fraction of sp³-hybridized carbons (Fsp3) is 0.444. The molecule has 6 nitrogen and oxygen atoms in total. The van der Waals surface area contributed by atoms with Gasteiger partial charge in [0.1, 0.15) is 0 Å². The maximum absolute atomic E-state index is 9.15. The molecule has 2 rings (SSSR count). The van der Waals surface area contributed by atoms with Crippen LogP contribution in [0.3, 0.4) is 0 Å². The first-order valence-corrected chi connectivity index (χ1v) is 8.09. The van der Waals surface area contributed by atoms with Crippen LogP contribution in [0.15, 0.2) is 36.4 Å². The van der Waals surface area contributed by atoms with E-state index in [1.807, 2.05) is 36.4 Å². The van der Waals surface area contributed by atoms with Crippen LogP contribution in [0.5, 0.6) is 0 Å². The zero-order chi connectivity index (χ0) is 17.4. The Morgan fingerprint density at radius 3 is 1.37 bits per heavy atom. The smallest absolute Gasteiger partial charge is 1.00 e. The maximum atomic E-state index is 9.15. The van der Waals surface area contributed by atoms with Gasteiger partial charge in [-0.05, 0) is 38.4 Å². The quantitative estimate of drug-likeness (QED) is 0.368. The van der Waals surface area contributed by atoms with E-state index in [2.05, 4.69) is 33.9 Å². The van der Waals surface area contributed by atoms with Crippen molar-refractivity contribution in [1.82, 2.24) is 19.8 Å². The van der Waals surface area contributed by atoms with Gasteiger partial charge in [0.2, 0.25) is 0 Å². The number of likely N-dealkylation sites (N-methyl/N-ethyl adjacent to an activating group) is 2. The first kappa shape index (κ1) is 28.4. The summed E-state index contributed by atoms with van der Waals surface area (Å²) in [6.07, 6.45) is 0. The molecule has 0 unspecified atom stereocenters. The van der Waals surface area contributed by atoms with Gasteiger partial charge in [-0.15, -0.1) is 0 Å². The Morgan fingerprint density at radius 1 is 0.704 bits per heavy atom. The third-order valence-corrected chi connectivity index (χ3v) is 3.78. The summed E-state index contributed by atoms with van der Waals surface area (Å²) in [6, 6.07) is 11.4. The SMILES string of the molecule is CN(CCN(C)Cc1cccc(CO)n1)Cc1cccc(CO)n1.[Cl-].[Cl-].[Fe+4]. The zero-order valence-electron chi connectivity index (χ0n) is 15.5. The maximum Gasteiger partial charge on any atom is 4.00 e. The largest absolute Gasteiger partial charge is 4.00 e. The van der Waals surface area contributed by atoms with Crippen LogP contribution < -0.4 is 24.8 Å². The number of pyridine rings is 2. The van der Waals surface area contributed by atoms with Gasteiger partial charge in [-0.1, -0.05) is 12.1 Å². The van der Waals surface area contributed by atoms with E-state index >= 15 is 0 Å². The molecule has 0 spiro atoms. The van der Waals surface area contributed by atoms with E-state index in [0.29, 0.717) is 11.4 Å². The fourth-order valence-electron chi connectivity index (χ4n) is 2.46. The van der Waals surface area contributed by atoms with Crippen LogP contribution in [0.4, 0.5) is 0 Å². The summed E-state index contributed by atoms with van der Waals surface area (Å²) in [5.74, 6) is 0. The summed E-state index contributed by atoms with van der Waals surface area (Å²) in [7, 11) is 4.12. The number of nitrogens with zero attached hydrogens (tertiary/aromatic N) is 4. The second kappa shape index (κ2) is 15.2. The van der Waals surface area contributed by atoms with E-state index in [0.717, 1.165) is 37.6 Å². The van der Waals surface area contributed by atoms with Crippen molar-refractivity contribution in [2.45, 2.75) is 26.3 Å². The molecule has 150 valence electrons. The average Bonchev–Trinajstić information content (AvgIpc) is 2.60. The minimum absolute atomic E-state index is 0. The van der Waals surface area contributed by atoms with Gasteiger partial charge in [0.15, 0.2) is 0 Å². The van der Waals surface area contributed by atoms with Crippen LogP contribution in [0.25, 0.3) is 0 Å². The molecule has 9 heteroatoms. The third-order valence-electron chi connectivity index (χ3n) is 3.78. The van der Waals surface area contributed by atoms with Gasteiger partial charge in [0, 0.05) is 26.2 Å². The fourth-order valence-corrected chi connectivity index (χ4v) is 2.46. The minimum atomic E-state index is -0.0276. The number of aliphatic hydroxyl groups is 2. The van der Waals surface area contributed by atoms with Crippen molar-refractivity contribution >= 4 is 0 Å². The predicted molar refractivity (Wildman–Crippen MR) is 93.0 cm³/mol. The molecule has 0 radical (unpaired) electrons. The van der Waals surface area contributed by atoms with E-state index in [4.69, 9.17) is 10.2 Å². The molecule has 0 aliphatic carbocycles. The van der Waals surface area contributed by atoms with Gasteiger partial charge < -0.3 is 35.0 Å². The average molecular weight is 457 g/mol. The van der Waals surface area contributed by atoms with Crippen LogP contribution >= 0.6 is 0 Å². The topological polar surface area (TPSA) is 72.7 Å². The minimum Gasteiger partial charge on any atom is -1.00 e. The monoisotopic (exact) mass is 456 g/mol. The number of hydrogen-bond acceptors (Lipinski definition) is 6. The summed E-state index contributed by atoms with van der Waals surface area (Å²) in [4.78, 5) is 13.2. The summed E-state index contributed by atoms with van der Waals surface area (Å²) in [5.41, 5.74) is 3.33. The first-order chi connectivity index (χ1) is 11.6. The molecule has 2 N–H and O–H groups in total. The van der Waals surface area contributed by atoms with Crippen LogP contribution in [0.2, 0.25) is 0 Å². The summed E-state index contributed by atoms with van der Waals surface area (Å²) < 4.78 is 0. The zero-order valence-corrected chi connectivity index (χ0v) is 18.1. The molecule has 0 bridgehead atoms. The van der Waals surface area contributed by atoms with Crippen LogP contribution in [-0.4, -0.2) is 57.2 Å². The van der Waals surface area contributed by atoms with Crippen LogP contribution in [0.1, 0.15) is 22.8 Å². The second-order valence-electron chi connectivity index (χ2n) is 6.03. The van der Waals surface area contributed by atoms with Crippen molar-refractivity contribution in [3.8, 4) is 0 Å². The number of rotatable bonds is 9. The second-order valence-corrected chi connectivity index (χ2v) is 6.03. The Kier molecular flexibility index (Phi) is 16.0. The van der Waals surface area contributed by atoms with Gasteiger partial charge >= 0.3 is 17.1 Å². The molecule has 0 aliphatic heterocycles. The standard InChI is InChI=1S/C18H26N4O2.2ClH.Fe/c1-21(11-15-5-3-7-17(13-23)19-15)9-10-22(2)12-16-6-4-8-18(14-24)20-16;;;/h3-8,23-24H,9-14H2,1-2H3;2*1H;/q;;;+4/p-2.